The lowest BCUT2D eigenvalue weighted by molar-refractivity contribution is -0.113. The first-order valence-corrected chi connectivity index (χ1v) is 12.2. The van der Waals surface area contributed by atoms with E-state index in [0.29, 0.717) is 5.56 Å². The van der Waals surface area contributed by atoms with Gasteiger partial charge in [0.15, 0.2) is 0 Å². The zero-order valence-electron chi connectivity index (χ0n) is 17.8. The van der Waals surface area contributed by atoms with Gasteiger partial charge in [-0.25, -0.2) is 0 Å². The van der Waals surface area contributed by atoms with Crippen LogP contribution in [0.4, 0.5) is 0 Å². The molecule has 0 radical (unpaired) electrons. The smallest absolute Gasteiger partial charge is 0.269 e. The fourth-order valence-electron chi connectivity index (χ4n) is 3.89. The SMILES string of the molecule is N#CC(C(=O)NC(=O)c1ccccc1)=P(c1ccccc1)(c1ccccc1)c1ccccc1. The number of imide groups is 1. The molecule has 0 aliphatic rings. The third-order valence-corrected chi connectivity index (χ3v) is 9.54. The number of amides is 2. The second-order valence-electron chi connectivity index (χ2n) is 7.29. The standard InChI is InChI=1S/C28H21N2O2P/c29-21-26(28(32)30-27(31)22-13-5-1-6-14-22)33(23-15-7-2-8-16-23,24-17-9-3-10-18-24)25-19-11-4-12-20-25/h1-20H,(H,30,31,32). The number of hydrogen-bond donors (Lipinski definition) is 1. The third kappa shape index (κ3) is 4.28. The van der Waals surface area contributed by atoms with Gasteiger partial charge in [0.05, 0.1) is 0 Å². The van der Waals surface area contributed by atoms with E-state index >= 15 is 0 Å². The van der Waals surface area contributed by atoms with E-state index in [-0.39, 0.29) is 5.29 Å². The van der Waals surface area contributed by atoms with E-state index in [2.05, 4.69) is 11.4 Å². The lowest BCUT2D eigenvalue weighted by Crippen LogP contribution is -2.40. The molecule has 0 bridgehead atoms. The highest BCUT2D eigenvalue weighted by Gasteiger charge is 2.34. The maximum absolute atomic E-state index is 13.6. The molecule has 0 saturated heterocycles. The van der Waals surface area contributed by atoms with Crippen LogP contribution in [0, 0.1) is 11.3 Å². The van der Waals surface area contributed by atoms with Gasteiger partial charge in [0, 0.05) is 12.4 Å². The zero-order chi connectivity index (χ0) is 23.1. The number of benzene rings is 4. The molecule has 0 saturated carbocycles. The maximum atomic E-state index is 13.6. The number of nitrogens with one attached hydrogen (secondary N) is 1. The molecule has 5 heteroatoms. The molecule has 0 unspecified atom stereocenters. The van der Waals surface area contributed by atoms with E-state index in [1.54, 1.807) is 30.3 Å². The van der Waals surface area contributed by atoms with Gasteiger partial charge in [0.2, 0.25) is 0 Å². The monoisotopic (exact) mass is 448 g/mol. The van der Waals surface area contributed by atoms with E-state index in [4.69, 9.17) is 0 Å². The van der Waals surface area contributed by atoms with Gasteiger partial charge < -0.3 is 0 Å². The highest BCUT2D eigenvalue weighted by atomic mass is 31.2. The topological polar surface area (TPSA) is 70.0 Å². The Kier molecular flexibility index (Phi) is 6.64. The second kappa shape index (κ2) is 9.96. The molecule has 0 spiro atoms. The first-order valence-electron chi connectivity index (χ1n) is 10.4. The highest BCUT2D eigenvalue weighted by Crippen LogP contribution is 2.46. The number of hydrogen-bond acceptors (Lipinski definition) is 3. The molecule has 4 rings (SSSR count). The Morgan fingerprint density at radius 3 is 1.33 bits per heavy atom. The fraction of sp³-hybridized carbons (Fsp3) is 0. The average molecular weight is 448 g/mol. The van der Waals surface area contributed by atoms with Crippen LogP contribution in [0.2, 0.25) is 0 Å². The summed E-state index contributed by atoms with van der Waals surface area (Å²) < 4.78 is 0. The molecule has 0 atom stereocenters. The molecule has 0 aromatic heterocycles. The Morgan fingerprint density at radius 2 is 0.970 bits per heavy atom. The van der Waals surface area contributed by atoms with Crippen molar-refractivity contribution in [3.05, 3.63) is 127 Å². The largest absolute Gasteiger partial charge is 0.288 e. The number of nitriles is 1. The van der Waals surface area contributed by atoms with Gasteiger partial charge in [-0.15, -0.1) is 0 Å². The predicted molar refractivity (Wildman–Crippen MR) is 135 cm³/mol. The maximum Gasteiger partial charge on any atom is 0.269 e. The molecule has 0 heterocycles. The molecule has 4 aromatic carbocycles. The van der Waals surface area contributed by atoms with Crippen molar-refractivity contribution in [2.75, 3.05) is 0 Å². The van der Waals surface area contributed by atoms with E-state index in [9.17, 15) is 14.9 Å². The second-order valence-corrected chi connectivity index (χ2v) is 10.6. The summed E-state index contributed by atoms with van der Waals surface area (Å²) in [7, 11) is 0. The zero-order valence-corrected chi connectivity index (χ0v) is 18.7. The van der Waals surface area contributed by atoms with Crippen LogP contribution in [0.3, 0.4) is 0 Å². The third-order valence-electron chi connectivity index (χ3n) is 5.35. The number of carbonyl (C=O) groups is 2. The Hall–Kier alpha value is -4.19. The van der Waals surface area contributed by atoms with Gasteiger partial charge in [-0.1, -0.05) is 109 Å². The molecular formula is C28H21N2O2P. The quantitative estimate of drug-likeness (QED) is 0.474. The summed E-state index contributed by atoms with van der Waals surface area (Å²) >= 11 is 0. The van der Waals surface area contributed by atoms with Crippen LogP contribution in [0.1, 0.15) is 10.4 Å². The molecule has 0 aliphatic heterocycles. The van der Waals surface area contributed by atoms with Gasteiger partial charge in [0.25, 0.3) is 11.8 Å². The van der Waals surface area contributed by atoms with Gasteiger partial charge in [-0.05, 0) is 28.0 Å². The average Bonchev–Trinajstić information content (AvgIpc) is 2.89. The van der Waals surface area contributed by atoms with Crippen molar-refractivity contribution in [2.45, 2.75) is 0 Å². The summed E-state index contributed by atoms with van der Waals surface area (Å²) in [5.41, 5.74) is 0.353. The summed E-state index contributed by atoms with van der Waals surface area (Å²) in [6.45, 7) is -2.88. The van der Waals surface area contributed by atoms with E-state index in [1.807, 2.05) is 91.0 Å². The molecular weight excluding hydrogens is 427 g/mol. The van der Waals surface area contributed by atoms with Crippen molar-refractivity contribution in [1.29, 1.82) is 5.26 Å². The number of nitrogens with zero attached hydrogens (tertiary/aromatic N) is 1. The van der Waals surface area contributed by atoms with Crippen LogP contribution in [-0.2, 0) is 4.79 Å². The highest BCUT2D eigenvalue weighted by molar-refractivity contribution is 7.96. The van der Waals surface area contributed by atoms with E-state index < -0.39 is 18.7 Å². The molecule has 2 amide bonds. The summed E-state index contributed by atoms with van der Waals surface area (Å²) in [5.74, 6) is -1.23. The Labute approximate surface area is 193 Å². The minimum absolute atomic E-state index is 0.0235. The van der Waals surface area contributed by atoms with Crippen LogP contribution < -0.4 is 21.2 Å². The Balaban J connectivity index is 2.03. The van der Waals surface area contributed by atoms with Crippen LogP contribution in [0.25, 0.3) is 0 Å². The molecule has 160 valence electrons. The lowest BCUT2D eigenvalue weighted by atomic mass is 10.2. The van der Waals surface area contributed by atoms with Gasteiger partial charge >= 0.3 is 0 Å². The summed E-state index contributed by atoms with van der Waals surface area (Å²) in [4.78, 5) is 26.3. The number of rotatable bonds is 5. The molecule has 0 fully saturated rings. The molecule has 0 aliphatic carbocycles. The minimum Gasteiger partial charge on any atom is -0.288 e. The minimum atomic E-state index is -2.88. The summed E-state index contributed by atoms with van der Waals surface area (Å²) in [6, 6.07) is 39.5. The molecule has 4 aromatic rings. The molecule has 1 N–H and O–H groups in total. The van der Waals surface area contributed by atoms with Gasteiger partial charge in [-0.3, -0.25) is 14.9 Å². The van der Waals surface area contributed by atoms with Crippen molar-refractivity contribution in [1.82, 2.24) is 5.32 Å². The Bertz CT molecular complexity index is 1260. The van der Waals surface area contributed by atoms with Crippen LogP contribution in [0.5, 0.6) is 0 Å². The first-order chi connectivity index (χ1) is 16.2. The molecule has 4 nitrogen and oxygen atoms in total. The fourth-order valence-corrected chi connectivity index (χ4v) is 7.93. The lowest BCUT2D eigenvalue weighted by Gasteiger charge is -2.29. The van der Waals surface area contributed by atoms with E-state index in [0.717, 1.165) is 15.9 Å². The number of carbonyl (C=O) groups excluding carboxylic acids is 2. The van der Waals surface area contributed by atoms with Crippen molar-refractivity contribution in [3.8, 4) is 6.07 Å². The van der Waals surface area contributed by atoms with Crippen LogP contribution in [-0.4, -0.2) is 17.1 Å². The van der Waals surface area contributed by atoms with Crippen molar-refractivity contribution in [3.63, 3.8) is 0 Å². The van der Waals surface area contributed by atoms with Crippen LogP contribution >= 0.6 is 6.89 Å². The van der Waals surface area contributed by atoms with E-state index in [1.165, 1.54) is 0 Å². The normalized spacial score (nSPS) is 10.6. The Morgan fingerprint density at radius 1 is 0.606 bits per heavy atom. The summed E-state index contributed by atoms with van der Waals surface area (Å²) in [5, 5.41) is 15.4. The van der Waals surface area contributed by atoms with Crippen molar-refractivity contribution >= 4 is 39.9 Å². The van der Waals surface area contributed by atoms with Gasteiger partial charge in [0.1, 0.15) is 11.4 Å². The first kappa shape index (κ1) is 22.0. The van der Waals surface area contributed by atoms with Gasteiger partial charge in [-0.2, -0.15) is 5.26 Å². The molecule has 33 heavy (non-hydrogen) atoms. The van der Waals surface area contributed by atoms with Crippen LogP contribution in [0.15, 0.2) is 121 Å². The van der Waals surface area contributed by atoms with Crippen molar-refractivity contribution in [2.24, 2.45) is 0 Å². The van der Waals surface area contributed by atoms with Crippen molar-refractivity contribution < 1.29 is 9.59 Å². The summed E-state index contributed by atoms with van der Waals surface area (Å²) in [6.07, 6.45) is 0. The predicted octanol–water partition coefficient (Wildman–Crippen LogP) is 3.63.